The summed E-state index contributed by atoms with van der Waals surface area (Å²) in [5.41, 5.74) is 0.609. The number of benzene rings is 1. The maximum atomic E-state index is 12.0. The van der Waals surface area contributed by atoms with E-state index < -0.39 is 16.0 Å². The largest absolute Gasteiger partial charge is 0.478 e. The molecule has 0 aliphatic rings. The van der Waals surface area contributed by atoms with Gasteiger partial charge in [0.05, 0.1) is 17.4 Å². The number of sulfonamides is 1. The molecule has 100 valence electrons. The van der Waals surface area contributed by atoms with Crippen molar-refractivity contribution in [1.82, 2.24) is 10.2 Å². The van der Waals surface area contributed by atoms with Crippen molar-refractivity contribution in [2.75, 3.05) is 4.72 Å². The van der Waals surface area contributed by atoms with Crippen molar-refractivity contribution in [1.29, 1.82) is 0 Å². The molecule has 2 aromatic rings. The first-order valence-electron chi connectivity index (χ1n) is 5.27. The molecule has 0 unspecified atom stereocenters. The molecule has 3 N–H and O–H groups in total. The summed E-state index contributed by atoms with van der Waals surface area (Å²) in [5, 5.41) is 14.8. The predicted molar refractivity (Wildman–Crippen MR) is 67.5 cm³/mol. The number of nitrogens with one attached hydrogen (secondary N) is 2. The average Bonchev–Trinajstić information content (AvgIpc) is 2.85. The number of rotatable bonds is 4. The fourth-order valence-corrected chi connectivity index (χ4v) is 2.60. The number of nitrogens with zero attached hydrogens (tertiary/aromatic N) is 1. The summed E-state index contributed by atoms with van der Waals surface area (Å²) in [5.74, 6) is -1.11. The Morgan fingerprint density at radius 3 is 2.68 bits per heavy atom. The van der Waals surface area contributed by atoms with E-state index in [0.717, 1.165) is 0 Å². The van der Waals surface area contributed by atoms with E-state index in [1.165, 1.54) is 37.4 Å². The summed E-state index contributed by atoms with van der Waals surface area (Å²) in [7, 11) is -3.80. The minimum atomic E-state index is -3.80. The second-order valence-corrected chi connectivity index (χ2v) is 5.46. The Morgan fingerprint density at radius 1 is 1.37 bits per heavy atom. The third-order valence-electron chi connectivity index (χ3n) is 2.57. The van der Waals surface area contributed by atoms with Crippen LogP contribution in [0.15, 0.2) is 35.5 Å². The molecule has 0 saturated carbocycles. The molecule has 1 heterocycles. The number of H-pyrrole nitrogens is 1. The van der Waals surface area contributed by atoms with Crippen molar-refractivity contribution in [2.45, 2.75) is 11.9 Å². The molecule has 0 aliphatic heterocycles. The highest BCUT2D eigenvalue weighted by atomic mass is 32.2. The van der Waals surface area contributed by atoms with Gasteiger partial charge in [-0.25, -0.2) is 4.79 Å². The summed E-state index contributed by atoms with van der Waals surface area (Å²) in [4.78, 5) is 11.0. The molecule has 0 saturated heterocycles. The first kappa shape index (κ1) is 13.1. The van der Waals surface area contributed by atoms with Crippen LogP contribution in [0.2, 0.25) is 0 Å². The highest BCUT2D eigenvalue weighted by molar-refractivity contribution is 7.92. The quantitative estimate of drug-likeness (QED) is 0.780. The van der Waals surface area contributed by atoms with Gasteiger partial charge in [0.25, 0.3) is 10.0 Å². The van der Waals surface area contributed by atoms with E-state index in [0.29, 0.717) is 5.56 Å². The van der Waals surface area contributed by atoms with E-state index in [2.05, 4.69) is 14.9 Å². The lowest BCUT2D eigenvalue weighted by atomic mass is 10.1. The van der Waals surface area contributed by atoms with Crippen LogP contribution in [0.1, 0.15) is 15.9 Å². The Morgan fingerprint density at radius 2 is 2.11 bits per heavy atom. The van der Waals surface area contributed by atoms with Gasteiger partial charge in [-0.3, -0.25) is 9.82 Å². The third-order valence-corrected chi connectivity index (χ3v) is 3.87. The van der Waals surface area contributed by atoms with Gasteiger partial charge in [-0.05, 0) is 30.7 Å². The first-order valence-corrected chi connectivity index (χ1v) is 6.75. The Hall–Kier alpha value is -2.35. The zero-order valence-electron chi connectivity index (χ0n) is 9.91. The smallest absolute Gasteiger partial charge is 0.336 e. The zero-order chi connectivity index (χ0) is 14.0. The van der Waals surface area contributed by atoms with E-state index in [9.17, 15) is 13.2 Å². The second-order valence-electron chi connectivity index (χ2n) is 3.81. The van der Waals surface area contributed by atoms with E-state index >= 15 is 0 Å². The third kappa shape index (κ3) is 2.58. The number of anilines is 1. The Kier molecular flexibility index (Phi) is 3.26. The van der Waals surface area contributed by atoms with Crippen LogP contribution < -0.4 is 4.72 Å². The first-order chi connectivity index (χ1) is 8.92. The molecule has 2 rings (SSSR count). The molecule has 0 spiro atoms. The molecule has 1 aromatic carbocycles. The summed E-state index contributed by atoms with van der Waals surface area (Å²) in [6.07, 6.45) is 1.31. The maximum absolute atomic E-state index is 12.0. The fraction of sp³-hybridized carbons (Fsp3) is 0.0909. The fourth-order valence-electron chi connectivity index (χ4n) is 1.57. The van der Waals surface area contributed by atoms with Gasteiger partial charge in [-0.15, -0.1) is 0 Å². The maximum Gasteiger partial charge on any atom is 0.336 e. The summed E-state index contributed by atoms with van der Waals surface area (Å²) in [6, 6.07) is 5.68. The molecule has 1 aromatic heterocycles. The van der Waals surface area contributed by atoms with Crippen LogP contribution >= 0.6 is 0 Å². The molecular formula is C11H11N3O4S. The SMILES string of the molecule is Cc1c(NS(=O)(=O)c2ccn[nH]2)cccc1C(=O)O. The molecule has 0 aliphatic carbocycles. The van der Waals surface area contributed by atoms with Crippen LogP contribution in [-0.4, -0.2) is 29.7 Å². The number of aromatic carboxylic acids is 1. The number of aromatic nitrogens is 2. The molecule has 19 heavy (non-hydrogen) atoms. The highest BCUT2D eigenvalue weighted by Gasteiger charge is 2.18. The number of carboxylic acid groups (broad SMARTS) is 1. The molecular weight excluding hydrogens is 270 g/mol. The van der Waals surface area contributed by atoms with Crippen molar-refractivity contribution < 1.29 is 18.3 Å². The van der Waals surface area contributed by atoms with Gasteiger partial charge >= 0.3 is 5.97 Å². The van der Waals surface area contributed by atoms with E-state index in [-0.39, 0.29) is 16.3 Å². The lowest BCUT2D eigenvalue weighted by Crippen LogP contribution is -2.15. The molecule has 0 radical (unpaired) electrons. The predicted octanol–water partition coefficient (Wildman–Crippen LogP) is 1.22. The number of carbonyl (C=O) groups is 1. The van der Waals surface area contributed by atoms with Crippen LogP contribution in [0.25, 0.3) is 0 Å². The van der Waals surface area contributed by atoms with Gasteiger partial charge in [-0.2, -0.15) is 13.5 Å². The number of carboxylic acids is 1. The van der Waals surface area contributed by atoms with E-state index in [1.807, 2.05) is 0 Å². The van der Waals surface area contributed by atoms with Crippen LogP contribution in [-0.2, 0) is 10.0 Å². The van der Waals surface area contributed by atoms with Gasteiger partial charge in [-0.1, -0.05) is 6.07 Å². The Bertz CT molecular complexity index is 708. The van der Waals surface area contributed by atoms with Gasteiger partial charge in [0.1, 0.15) is 0 Å². The van der Waals surface area contributed by atoms with Gasteiger partial charge in [0.2, 0.25) is 0 Å². The molecule has 0 atom stereocenters. The van der Waals surface area contributed by atoms with Crippen molar-refractivity contribution in [2.24, 2.45) is 0 Å². The molecule has 8 heteroatoms. The standard InChI is InChI=1S/C11H11N3O4S/c1-7-8(11(15)16)3-2-4-9(7)14-19(17,18)10-5-6-12-13-10/h2-6,14H,1H3,(H,12,13)(H,15,16). The van der Waals surface area contributed by atoms with Gasteiger partial charge < -0.3 is 5.11 Å². The van der Waals surface area contributed by atoms with Crippen LogP contribution in [0.4, 0.5) is 5.69 Å². The van der Waals surface area contributed by atoms with E-state index in [4.69, 9.17) is 5.11 Å². The summed E-state index contributed by atoms with van der Waals surface area (Å²) in [6.45, 7) is 1.54. The topological polar surface area (TPSA) is 112 Å². The highest BCUT2D eigenvalue weighted by Crippen LogP contribution is 2.21. The Labute approximate surface area is 109 Å². The number of hydrogen-bond acceptors (Lipinski definition) is 4. The molecule has 7 nitrogen and oxygen atoms in total. The normalized spacial score (nSPS) is 11.2. The Balaban J connectivity index is 2.40. The van der Waals surface area contributed by atoms with Crippen LogP contribution in [0, 0.1) is 6.92 Å². The summed E-state index contributed by atoms with van der Waals surface area (Å²) < 4.78 is 26.3. The molecule has 0 bridgehead atoms. The van der Waals surface area contributed by atoms with Crippen molar-refractivity contribution in [3.8, 4) is 0 Å². The molecule has 0 amide bonds. The average molecular weight is 281 g/mol. The summed E-state index contributed by atoms with van der Waals surface area (Å²) >= 11 is 0. The number of hydrogen-bond donors (Lipinski definition) is 3. The van der Waals surface area contributed by atoms with Crippen LogP contribution in [0.5, 0.6) is 0 Å². The zero-order valence-corrected chi connectivity index (χ0v) is 10.7. The minimum absolute atomic E-state index is 0.0461. The van der Waals surface area contributed by atoms with Crippen molar-refractivity contribution >= 4 is 21.7 Å². The minimum Gasteiger partial charge on any atom is -0.478 e. The van der Waals surface area contributed by atoms with Gasteiger partial charge in [0, 0.05) is 0 Å². The van der Waals surface area contributed by atoms with Crippen LogP contribution in [0.3, 0.4) is 0 Å². The van der Waals surface area contributed by atoms with E-state index in [1.54, 1.807) is 0 Å². The lowest BCUT2D eigenvalue weighted by Gasteiger charge is -2.10. The van der Waals surface area contributed by atoms with Crippen molar-refractivity contribution in [3.63, 3.8) is 0 Å². The lowest BCUT2D eigenvalue weighted by molar-refractivity contribution is 0.0696. The van der Waals surface area contributed by atoms with Gasteiger partial charge in [0.15, 0.2) is 5.03 Å². The van der Waals surface area contributed by atoms with Crippen molar-refractivity contribution in [3.05, 3.63) is 41.6 Å². The number of aromatic amines is 1. The monoisotopic (exact) mass is 281 g/mol. The molecule has 0 fully saturated rings. The second kappa shape index (κ2) is 4.73.